The van der Waals surface area contributed by atoms with Crippen LogP contribution in [0.5, 0.6) is 0 Å². The number of sulfone groups is 1. The Balaban J connectivity index is 2.28. The predicted octanol–water partition coefficient (Wildman–Crippen LogP) is 1.38. The SMILES string of the molecule is CC(CCS(C)(=O)=O)Nc1cc(C(F)(F)F)nc2ncnn12. The van der Waals surface area contributed by atoms with Gasteiger partial charge in [0.2, 0.25) is 0 Å². The molecule has 2 heterocycles. The quantitative estimate of drug-likeness (QED) is 0.886. The third-order valence-electron chi connectivity index (χ3n) is 2.86. The second-order valence-electron chi connectivity index (χ2n) is 4.96. The third kappa shape index (κ3) is 4.06. The molecule has 1 unspecified atom stereocenters. The predicted molar refractivity (Wildman–Crippen MR) is 73.2 cm³/mol. The van der Waals surface area contributed by atoms with Crippen LogP contribution < -0.4 is 5.32 Å². The molecule has 0 saturated carbocycles. The van der Waals surface area contributed by atoms with Crippen LogP contribution >= 0.6 is 0 Å². The lowest BCUT2D eigenvalue weighted by Crippen LogP contribution is -2.22. The molecular formula is C11H14F3N5O2S. The van der Waals surface area contributed by atoms with Crippen LogP contribution in [0.1, 0.15) is 19.0 Å². The van der Waals surface area contributed by atoms with E-state index in [1.807, 2.05) is 0 Å². The number of nitrogens with zero attached hydrogens (tertiary/aromatic N) is 4. The highest BCUT2D eigenvalue weighted by molar-refractivity contribution is 7.90. The molecule has 7 nitrogen and oxygen atoms in total. The van der Waals surface area contributed by atoms with Crippen LogP contribution in [0.3, 0.4) is 0 Å². The molecule has 0 bridgehead atoms. The van der Waals surface area contributed by atoms with Crippen LogP contribution in [0.4, 0.5) is 19.0 Å². The molecule has 0 aliphatic rings. The van der Waals surface area contributed by atoms with Crippen molar-refractivity contribution in [3.8, 4) is 0 Å². The monoisotopic (exact) mass is 337 g/mol. The minimum atomic E-state index is -4.61. The molecule has 0 spiro atoms. The molecule has 1 atom stereocenters. The van der Waals surface area contributed by atoms with E-state index in [1.54, 1.807) is 6.92 Å². The van der Waals surface area contributed by atoms with Crippen LogP contribution in [0.15, 0.2) is 12.4 Å². The van der Waals surface area contributed by atoms with Gasteiger partial charge in [0.1, 0.15) is 22.0 Å². The van der Waals surface area contributed by atoms with Gasteiger partial charge in [0, 0.05) is 18.4 Å². The maximum Gasteiger partial charge on any atom is 0.433 e. The van der Waals surface area contributed by atoms with Crippen molar-refractivity contribution in [2.24, 2.45) is 0 Å². The van der Waals surface area contributed by atoms with E-state index in [2.05, 4.69) is 20.4 Å². The van der Waals surface area contributed by atoms with E-state index in [1.165, 1.54) is 0 Å². The molecule has 0 saturated heterocycles. The highest BCUT2D eigenvalue weighted by Gasteiger charge is 2.34. The summed E-state index contributed by atoms with van der Waals surface area (Å²) in [5.74, 6) is -0.206. The van der Waals surface area contributed by atoms with Gasteiger partial charge in [-0.2, -0.15) is 27.8 Å². The van der Waals surface area contributed by atoms with E-state index in [0.717, 1.165) is 23.2 Å². The number of halogens is 3. The number of alkyl halides is 3. The summed E-state index contributed by atoms with van der Waals surface area (Å²) in [5, 5.41) is 6.61. The summed E-state index contributed by atoms with van der Waals surface area (Å²) in [6.45, 7) is 1.67. The Morgan fingerprint density at radius 2 is 2.09 bits per heavy atom. The van der Waals surface area contributed by atoms with Gasteiger partial charge >= 0.3 is 6.18 Å². The fraction of sp³-hybridized carbons (Fsp3) is 0.545. The molecule has 11 heteroatoms. The minimum Gasteiger partial charge on any atom is -0.367 e. The van der Waals surface area contributed by atoms with E-state index in [9.17, 15) is 21.6 Å². The second-order valence-corrected chi connectivity index (χ2v) is 7.22. The number of fused-ring (bicyclic) bond motifs is 1. The zero-order chi connectivity index (χ0) is 16.5. The lowest BCUT2D eigenvalue weighted by atomic mass is 10.2. The van der Waals surface area contributed by atoms with E-state index >= 15 is 0 Å². The standard InChI is InChI=1S/C11H14F3N5O2S/c1-7(3-4-22(2,20)21)17-9-5-8(11(12,13)14)18-10-15-6-16-19(9)10/h5-7,17H,3-4H2,1-2H3. The summed E-state index contributed by atoms with van der Waals surface area (Å²) >= 11 is 0. The fourth-order valence-corrected chi connectivity index (χ4v) is 2.56. The average Bonchev–Trinajstić information content (AvgIpc) is 2.83. The van der Waals surface area contributed by atoms with Crippen molar-refractivity contribution >= 4 is 21.4 Å². The topological polar surface area (TPSA) is 89.2 Å². The fourth-order valence-electron chi connectivity index (χ4n) is 1.78. The maximum absolute atomic E-state index is 12.8. The first-order valence-electron chi connectivity index (χ1n) is 6.28. The van der Waals surface area contributed by atoms with Gasteiger partial charge in [0.05, 0.1) is 5.75 Å². The Morgan fingerprint density at radius 3 is 2.68 bits per heavy atom. The zero-order valence-electron chi connectivity index (χ0n) is 11.8. The van der Waals surface area contributed by atoms with Crippen molar-refractivity contribution in [1.29, 1.82) is 0 Å². The molecule has 0 fully saturated rings. The number of nitrogens with one attached hydrogen (secondary N) is 1. The molecule has 2 aromatic rings. The largest absolute Gasteiger partial charge is 0.433 e. The van der Waals surface area contributed by atoms with Crippen molar-refractivity contribution < 1.29 is 21.6 Å². The van der Waals surface area contributed by atoms with Crippen LogP contribution in [-0.4, -0.2) is 46.1 Å². The van der Waals surface area contributed by atoms with Crippen molar-refractivity contribution in [3.05, 3.63) is 18.1 Å². The van der Waals surface area contributed by atoms with Crippen LogP contribution in [0.2, 0.25) is 0 Å². The summed E-state index contributed by atoms with van der Waals surface area (Å²) in [6.07, 6.45) is -2.17. The second kappa shape index (κ2) is 5.71. The van der Waals surface area contributed by atoms with Crippen molar-refractivity contribution in [3.63, 3.8) is 0 Å². The number of anilines is 1. The summed E-state index contributed by atoms with van der Waals surface area (Å²) < 4.78 is 61.8. The minimum absolute atomic E-state index is 0.0517. The molecule has 1 N–H and O–H groups in total. The van der Waals surface area contributed by atoms with E-state index in [-0.39, 0.29) is 29.8 Å². The van der Waals surface area contributed by atoms with Crippen molar-refractivity contribution in [2.75, 3.05) is 17.3 Å². The molecule has 0 aliphatic carbocycles. The molecular weight excluding hydrogens is 323 g/mol. The zero-order valence-corrected chi connectivity index (χ0v) is 12.6. The van der Waals surface area contributed by atoms with Gasteiger partial charge in [-0.05, 0) is 13.3 Å². The molecule has 22 heavy (non-hydrogen) atoms. The Morgan fingerprint density at radius 1 is 1.41 bits per heavy atom. The number of hydrogen-bond acceptors (Lipinski definition) is 6. The van der Waals surface area contributed by atoms with Gasteiger partial charge in [0.15, 0.2) is 5.69 Å². The normalized spacial score (nSPS) is 14.2. The summed E-state index contributed by atoms with van der Waals surface area (Å²) in [6, 6.07) is 0.448. The van der Waals surface area contributed by atoms with Gasteiger partial charge < -0.3 is 5.32 Å². The van der Waals surface area contributed by atoms with E-state index in [4.69, 9.17) is 0 Å². The Labute approximate surface area is 124 Å². The lowest BCUT2D eigenvalue weighted by Gasteiger charge is -2.16. The van der Waals surface area contributed by atoms with Gasteiger partial charge in [0.25, 0.3) is 5.78 Å². The van der Waals surface area contributed by atoms with Gasteiger partial charge in [-0.1, -0.05) is 0 Å². The van der Waals surface area contributed by atoms with E-state index < -0.39 is 21.7 Å². The first-order valence-corrected chi connectivity index (χ1v) is 8.34. The maximum atomic E-state index is 12.8. The van der Waals surface area contributed by atoms with E-state index in [0.29, 0.717) is 0 Å². The summed E-state index contributed by atoms with van der Waals surface area (Å²) in [7, 11) is -3.14. The smallest absolute Gasteiger partial charge is 0.367 e. The summed E-state index contributed by atoms with van der Waals surface area (Å²) in [4.78, 5) is 7.04. The molecule has 0 aromatic carbocycles. The van der Waals surface area contributed by atoms with Crippen LogP contribution in [0.25, 0.3) is 5.78 Å². The van der Waals surface area contributed by atoms with Crippen LogP contribution in [0, 0.1) is 0 Å². The lowest BCUT2D eigenvalue weighted by molar-refractivity contribution is -0.141. The number of hydrogen-bond donors (Lipinski definition) is 1. The van der Waals surface area contributed by atoms with Gasteiger partial charge in [-0.3, -0.25) is 0 Å². The van der Waals surface area contributed by atoms with Gasteiger partial charge in [-0.15, -0.1) is 0 Å². The first-order chi connectivity index (χ1) is 10.1. The Kier molecular flexibility index (Phi) is 4.27. The molecule has 2 aromatic heterocycles. The molecule has 0 aliphatic heterocycles. The third-order valence-corrected chi connectivity index (χ3v) is 3.84. The Bertz CT molecular complexity index is 772. The van der Waals surface area contributed by atoms with Crippen molar-refractivity contribution in [2.45, 2.75) is 25.6 Å². The average molecular weight is 337 g/mol. The van der Waals surface area contributed by atoms with Crippen molar-refractivity contribution in [1.82, 2.24) is 19.6 Å². The molecule has 2 rings (SSSR count). The van der Waals surface area contributed by atoms with Gasteiger partial charge in [-0.25, -0.2) is 13.4 Å². The summed E-state index contributed by atoms with van der Waals surface area (Å²) in [5.41, 5.74) is -1.09. The molecule has 0 amide bonds. The molecule has 122 valence electrons. The first kappa shape index (κ1) is 16.5. The number of rotatable bonds is 5. The highest BCUT2D eigenvalue weighted by atomic mass is 32.2. The number of aromatic nitrogens is 4. The van der Waals surface area contributed by atoms with Crippen LogP contribution in [-0.2, 0) is 16.0 Å². The Hall–Kier alpha value is -1.91. The highest BCUT2D eigenvalue weighted by Crippen LogP contribution is 2.29. The molecule has 0 radical (unpaired) electrons.